The molecule has 0 fully saturated rings. The number of imide groups is 1. The molecule has 0 radical (unpaired) electrons. The lowest BCUT2D eigenvalue weighted by atomic mass is 10.1. The summed E-state index contributed by atoms with van der Waals surface area (Å²) in [4.78, 5) is 23.5. The Bertz CT molecular complexity index is 507. The van der Waals surface area contributed by atoms with Crippen LogP contribution in [0.2, 0.25) is 0 Å². The number of hydrogen-bond donors (Lipinski definition) is 3. The van der Waals surface area contributed by atoms with E-state index in [1.165, 1.54) is 18.2 Å². The van der Waals surface area contributed by atoms with Gasteiger partial charge in [0, 0.05) is 0 Å². The van der Waals surface area contributed by atoms with Gasteiger partial charge >= 0.3 is 6.09 Å². The average molecular weight is 268 g/mol. The number of amides is 2. The fourth-order valence-corrected chi connectivity index (χ4v) is 1.23. The first-order valence-corrected chi connectivity index (χ1v) is 5.46. The molecule has 0 spiro atoms. The van der Waals surface area contributed by atoms with Gasteiger partial charge in [0.25, 0.3) is 5.91 Å². The van der Waals surface area contributed by atoms with Crippen LogP contribution in [0.15, 0.2) is 18.2 Å². The molecule has 104 valence electrons. The van der Waals surface area contributed by atoms with Gasteiger partial charge < -0.3 is 14.9 Å². The molecule has 0 saturated carbocycles. The van der Waals surface area contributed by atoms with Crippen molar-refractivity contribution in [1.29, 1.82) is 0 Å². The van der Waals surface area contributed by atoms with Crippen molar-refractivity contribution >= 4 is 12.0 Å². The van der Waals surface area contributed by atoms with E-state index in [4.69, 9.17) is 10.6 Å². The molecule has 7 heteroatoms. The minimum absolute atomic E-state index is 0.236. The molecule has 1 aromatic carbocycles. The van der Waals surface area contributed by atoms with Gasteiger partial charge in [0.2, 0.25) is 0 Å². The molecule has 0 bridgehead atoms. The summed E-state index contributed by atoms with van der Waals surface area (Å²) in [6, 6.07) is 3.76. The lowest BCUT2D eigenvalue weighted by Crippen LogP contribution is -2.45. The number of hydrazine groups is 1. The highest BCUT2D eigenvalue weighted by molar-refractivity contribution is 6.04. The highest BCUT2D eigenvalue weighted by Gasteiger charge is 2.27. The van der Waals surface area contributed by atoms with Crippen LogP contribution in [0.1, 0.15) is 31.1 Å². The summed E-state index contributed by atoms with van der Waals surface area (Å²) in [6.07, 6.45) is -1.06. The van der Waals surface area contributed by atoms with Crippen molar-refractivity contribution in [2.75, 3.05) is 0 Å². The van der Waals surface area contributed by atoms with E-state index < -0.39 is 29.1 Å². The van der Waals surface area contributed by atoms with E-state index in [1.807, 2.05) is 0 Å². The molecule has 1 aromatic rings. The van der Waals surface area contributed by atoms with E-state index in [1.54, 1.807) is 20.8 Å². The molecule has 0 aliphatic carbocycles. The van der Waals surface area contributed by atoms with Gasteiger partial charge in [-0.05, 0) is 32.9 Å². The summed E-state index contributed by atoms with van der Waals surface area (Å²) in [5.74, 6) is 3.22. The molecule has 0 aromatic heterocycles. The largest absolute Gasteiger partial charge is 0.504 e. The standard InChI is InChI=1S/C12H16N2O5/c1-12(2,3)19-11(18)14(13)10(17)7-5-4-6-8(15)9(7)16/h4-6,15-16H,13H2,1-3H3. The zero-order valence-electron chi connectivity index (χ0n) is 10.9. The number of rotatable bonds is 1. The molecule has 0 aliphatic rings. The number of nitrogens with zero attached hydrogens (tertiary/aromatic N) is 1. The second-order valence-electron chi connectivity index (χ2n) is 4.83. The van der Waals surface area contributed by atoms with Gasteiger partial charge in [-0.15, -0.1) is 0 Å². The molecule has 4 N–H and O–H groups in total. The van der Waals surface area contributed by atoms with Crippen LogP contribution in [0.3, 0.4) is 0 Å². The van der Waals surface area contributed by atoms with E-state index >= 15 is 0 Å². The van der Waals surface area contributed by atoms with Crippen molar-refractivity contribution in [3.8, 4) is 11.5 Å². The summed E-state index contributed by atoms with van der Waals surface area (Å²) < 4.78 is 4.91. The zero-order valence-corrected chi connectivity index (χ0v) is 10.9. The smallest absolute Gasteiger partial charge is 0.432 e. The molecule has 19 heavy (non-hydrogen) atoms. The van der Waals surface area contributed by atoms with Gasteiger partial charge in [-0.1, -0.05) is 6.07 Å². The molecule has 0 atom stereocenters. The van der Waals surface area contributed by atoms with Gasteiger partial charge in [0.1, 0.15) is 5.60 Å². The number of ether oxygens (including phenoxy) is 1. The summed E-state index contributed by atoms with van der Waals surface area (Å²) >= 11 is 0. The van der Waals surface area contributed by atoms with Crippen molar-refractivity contribution in [3.63, 3.8) is 0 Å². The van der Waals surface area contributed by atoms with Gasteiger partial charge in [0.15, 0.2) is 11.5 Å². The molecule has 0 aliphatic heterocycles. The highest BCUT2D eigenvalue weighted by Crippen LogP contribution is 2.28. The van der Waals surface area contributed by atoms with Crippen LogP contribution in [0.4, 0.5) is 4.79 Å². The van der Waals surface area contributed by atoms with Crippen molar-refractivity contribution in [3.05, 3.63) is 23.8 Å². The van der Waals surface area contributed by atoms with Crippen molar-refractivity contribution in [2.45, 2.75) is 26.4 Å². The number of aromatic hydroxyl groups is 2. The third-order valence-corrected chi connectivity index (χ3v) is 2.05. The van der Waals surface area contributed by atoms with E-state index in [2.05, 4.69) is 0 Å². The van der Waals surface area contributed by atoms with Crippen molar-refractivity contribution < 1.29 is 24.5 Å². The van der Waals surface area contributed by atoms with Crippen molar-refractivity contribution in [2.24, 2.45) is 5.84 Å². The Balaban J connectivity index is 2.94. The fraction of sp³-hybridized carbons (Fsp3) is 0.333. The van der Waals surface area contributed by atoms with Gasteiger partial charge in [-0.25, -0.2) is 10.6 Å². The highest BCUT2D eigenvalue weighted by atomic mass is 16.6. The monoisotopic (exact) mass is 268 g/mol. The molecule has 0 unspecified atom stereocenters. The Morgan fingerprint density at radius 3 is 2.37 bits per heavy atom. The molecule has 0 heterocycles. The van der Waals surface area contributed by atoms with Gasteiger partial charge in [-0.3, -0.25) is 4.79 Å². The minimum Gasteiger partial charge on any atom is -0.504 e. The number of phenols is 2. The number of carbonyl (C=O) groups excluding carboxylic acids is 2. The first-order chi connectivity index (χ1) is 8.63. The molecular weight excluding hydrogens is 252 g/mol. The van der Waals surface area contributed by atoms with Crippen LogP contribution in [-0.2, 0) is 4.74 Å². The van der Waals surface area contributed by atoms with Gasteiger partial charge in [0.05, 0.1) is 5.56 Å². The van der Waals surface area contributed by atoms with E-state index in [0.717, 1.165) is 0 Å². The van der Waals surface area contributed by atoms with Crippen LogP contribution < -0.4 is 5.84 Å². The van der Waals surface area contributed by atoms with Crippen LogP contribution in [0.5, 0.6) is 11.5 Å². The molecule has 0 saturated heterocycles. The SMILES string of the molecule is CC(C)(C)OC(=O)N(N)C(=O)c1cccc(O)c1O. The first-order valence-electron chi connectivity index (χ1n) is 5.46. The van der Waals surface area contributed by atoms with Crippen LogP contribution in [0, 0.1) is 0 Å². The topological polar surface area (TPSA) is 113 Å². The van der Waals surface area contributed by atoms with E-state index in [0.29, 0.717) is 0 Å². The number of carbonyl (C=O) groups is 2. The first kappa shape index (κ1) is 14.8. The number of benzene rings is 1. The minimum atomic E-state index is -1.06. The number of hydrogen-bond acceptors (Lipinski definition) is 6. The summed E-state index contributed by atoms with van der Waals surface area (Å²) in [7, 11) is 0. The number of nitrogens with two attached hydrogens (primary N) is 1. The third-order valence-electron chi connectivity index (χ3n) is 2.05. The van der Waals surface area contributed by atoms with Crippen LogP contribution >= 0.6 is 0 Å². The quantitative estimate of drug-likeness (QED) is 0.306. The van der Waals surface area contributed by atoms with Gasteiger partial charge in [-0.2, -0.15) is 5.01 Å². The number of para-hydroxylation sites is 1. The van der Waals surface area contributed by atoms with Crippen molar-refractivity contribution in [1.82, 2.24) is 5.01 Å². The Morgan fingerprint density at radius 2 is 1.84 bits per heavy atom. The summed E-state index contributed by atoms with van der Waals surface area (Å²) in [5.41, 5.74) is -1.11. The predicted octanol–water partition coefficient (Wildman–Crippen LogP) is 1.35. The maximum absolute atomic E-state index is 11.9. The lowest BCUT2D eigenvalue weighted by molar-refractivity contribution is 0.0238. The molecule has 7 nitrogen and oxygen atoms in total. The number of phenolic OH excluding ortho intramolecular Hbond substituents is 2. The maximum Gasteiger partial charge on any atom is 0.432 e. The van der Waals surface area contributed by atoms with E-state index in [-0.39, 0.29) is 10.6 Å². The zero-order chi connectivity index (χ0) is 14.8. The second kappa shape index (κ2) is 5.15. The molecular formula is C12H16N2O5. The van der Waals surface area contributed by atoms with Crippen LogP contribution in [0.25, 0.3) is 0 Å². The average Bonchev–Trinajstić information content (AvgIpc) is 2.28. The lowest BCUT2D eigenvalue weighted by Gasteiger charge is -2.23. The second-order valence-corrected chi connectivity index (χ2v) is 4.83. The Kier molecular flexibility index (Phi) is 4.01. The summed E-state index contributed by atoms with van der Waals surface area (Å²) in [5, 5.41) is 19.0. The Morgan fingerprint density at radius 1 is 1.26 bits per heavy atom. The summed E-state index contributed by atoms with van der Waals surface area (Å²) in [6.45, 7) is 4.86. The molecule has 2 amide bonds. The fourth-order valence-electron chi connectivity index (χ4n) is 1.23. The normalized spacial score (nSPS) is 10.9. The maximum atomic E-state index is 11.9. The third kappa shape index (κ3) is 3.59. The molecule has 1 rings (SSSR count). The predicted molar refractivity (Wildman–Crippen MR) is 66.4 cm³/mol. The Hall–Kier alpha value is -2.28. The van der Waals surface area contributed by atoms with E-state index in [9.17, 15) is 19.8 Å². The van der Waals surface area contributed by atoms with Crippen LogP contribution in [-0.4, -0.2) is 32.8 Å². The Labute approximate surface area is 110 Å².